The van der Waals surface area contributed by atoms with Crippen LogP contribution in [0.1, 0.15) is 46.1 Å². The van der Waals surface area contributed by atoms with Gasteiger partial charge in [0.05, 0.1) is 6.61 Å². The zero-order valence-electron chi connectivity index (χ0n) is 11.5. The van der Waals surface area contributed by atoms with Gasteiger partial charge in [0.25, 0.3) is 0 Å². The molecule has 0 aliphatic heterocycles. The van der Waals surface area contributed by atoms with Crippen molar-refractivity contribution in [3.05, 3.63) is 35.4 Å². The summed E-state index contributed by atoms with van der Waals surface area (Å²) >= 11 is 0. The van der Waals surface area contributed by atoms with Crippen LogP contribution in [0.3, 0.4) is 0 Å². The highest BCUT2D eigenvalue weighted by Crippen LogP contribution is 2.16. The molecule has 0 aliphatic rings. The van der Waals surface area contributed by atoms with Crippen LogP contribution in [0.2, 0.25) is 0 Å². The van der Waals surface area contributed by atoms with Gasteiger partial charge in [-0.15, -0.1) is 0 Å². The van der Waals surface area contributed by atoms with E-state index in [0.717, 1.165) is 25.2 Å². The molecule has 1 nitrogen and oxygen atoms in total. The highest BCUT2D eigenvalue weighted by Gasteiger charge is 1.97. The maximum absolute atomic E-state index is 5.68. The van der Waals surface area contributed by atoms with Crippen LogP contribution in [-0.2, 0) is 0 Å². The first kappa shape index (κ1) is 13.8. The lowest BCUT2D eigenvalue weighted by molar-refractivity contribution is 0.289. The Morgan fingerprint density at radius 2 is 1.88 bits per heavy atom. The van der Waals surface area contributed by atoms with Gasteiger partial charge in [-0.05, 0) is 43.4 Å². The molecule has 94 valence electrons. The van der Waals surface area contributed by atoms with E-state index in [1.165, 1.54) is 11.1 Å². The van der Waals surface area contributed by atoms with Crippen molar-refractivity contribution in [3.63, 3.8) is 0 Å². The summed E-state index contributed by atoms with van der Waals surface area (Å²) in [5.74, 6) is 1.67. The van der Waals surface area contributed by atoms with Crippen molar-refractivity contribution in [1.82, 2.24) is 0 Å². The van der Waals surface area contributed by atoms with Crippen molar-refractivity contribution in [2.75, 3.05) is 6.61 Å². The van der Waals surface area contributed by atoms with Gasteiger partial charge in [0.1, 0.15) is 5.75 Å². The van der Waals surface area contributed by atoms with Gasteiger partial charge in [0.15, 0.2) is 0 Å². The number of ether oxygens (including phenoxy) is 1. The molecule has 1 rings (SSSR count). The Morgan fingerprint density at radius 1 is 1.24 bits per heavy atom. The number of rotatable bonds is 6. The van der Waals surface area contributed by atoms with E-state index >= 15 is 0 Å². The number of benzene rings is 1. The zero-order chi connectivity index (χ0) is 12.7. The molecule has 0 atom stereocenters. The molecule has 0 N–H and O–H groups in total. The van der Waals surface area contributed by atoms with Crippen LogP contribution >= 0.6 is 0 Å². The first-order valence-electron chi connectivity index (χ1n) is 6.52. The minimum Gasteiger partial charge on any atom is -0.494 e. The number of hydrogen-bond donors (Lipinski definition) is 0. The smallest absolute Gasteiger partial charge is 0.119 e. The van der Waals surface area contributed by atoms with Gasteiger partial charge in [-0.25, -0.2) is 0 Å². The largest absolute Gasteiger partial charge is 0.494 e. The van der Waals surface area contributed by atoms with E-state index in [1.54, 1.807) is 0 Å². The van der Waals surface area contributed by atoms with Crippen molar-refractivity contribution < 1.29 is 4.74 Å². The highest BCUT2D eigenvalue weighted by atomic mass is 16.5. The Morgan fingerprint density at radius 3 is 2.41 bits per heavy atom. The Hall–Kier alpha value is -1.24. The standard InChI is InChI=1S/C16H24O/c1-5-14(4)12-15-6-8-16(9-7-15)17-11-10-13(2)3/h6-9,12-13H,5,10-11H2,1-4H3/b14-12+. The van der Waals surface area contributed by atoms with E-state index in [-0.39, 0.29) is 0 Å². The molecule has 1 heteroatoms. The van der Waals surface area contributed by atoms with Crippen molar-refractivity contribution in [1.29, 1.82) is 0 Å². The summed E-state index contributed by atoms with van der Waals surface area (Å²) < 4.78 is 5.68. The molecule has 0 saturated carbocycles. The van der Waals surface area contributed by atoms with Crippen LogP contribution in [0.4, 0.5) is 0 Å². The Labute approximate surface area is 106 Å². The average molecular weight is 232 g/mol. The van der Waals surface area contributed by atoms with Crippen molar-refractivity contribution >= 4 is 6.08 Å². The lowest BCUT2D eigenvalue weighted by Crippen LogP contribution is -2.01. The van der Waals surface area contributed by atoms with Gasteiger partial charge in [-0.1, -0.05) is 44.6 Å². The van der Waals surface area contributed by atoms with Crippen LogP contribution in [0.5, 0.6) is 5.75 Å². The van der Waals surface area contributed by atoms with Gasteiger partial charge in [-0.3, -0.25) is 0 Å². The predicted molar refractivity (Wildman–Crippen MR) is 75.3 cm³/mol. The molecule has 17 heavy (non-hydrogen) atoms. The van der Waals surface area contributed by atoms with Gasteiger partial charge < -0.3 is 4.74 Å². The van der Waals surface area contributed by atoms with Crippen molar-refractivity contribution in [3.8, 4) is 5.75 Å². The zero-order valence-corrected chi connectivity index (χ0v) is 11.5. The number of hydrogen-bond acceptors (Lipinski definition) is 1. The van der Waals surface area contributed by atoms with E-state index in [2.05, 4.69) is 58.0 Å². The third-order valence-electron chi connectivity index (χ3n) is 2.81. The third kappa shape index (κ3) is 5.58. The van der Waals surface area contributed by atoms with Crippen LogP contribution < -0.4 is 4.74 Å². The van der Waals surface area contributed by atoms with Crippen LogP contribution in [0, 0.1) is 5.92 Å². The second-order valence-electron chi connectivity index (χ2n) is 4.94. The first-order chi connectivity index (χ1) is 8.11. The Bertz CT molecular complexity index is 346. The van der Waals surface area contributed by atoms with E-state index in [0.29, 0.717) is 5.92 Å². The van der Waals surface area contributed by atoms with Crippen LogP contribution in [0.25, 0.3) is 6.08 Å². The molecule has 0 amide bonds. The summed E-state index contributed by atoms with van der Waals surface area (Å²) in [5, 5.41) is 0. The van der Waals surface area contributed by atoms with Gasteiger partial charge in [0.2, 0.25) is 0 Å². The summed E-state index contributed by atoms with van der Waals surface area (Å²) in [6.45, 7) is 9.57. The average Bonchev–Trinajstić information content (AvgIpc) is 2.31. The lowest BCUT2D eigenvalue weighted by Gasteiger charge is -2.08. The molecule has 0 radical (unpaired) electrons. The normalized spacial score (nSPS) is 11.9. The summed E-state index contributed by atoms with van der Waals surface area (Å²) in [5.41, 5.74) is 2.65. The second kappa shape index (κ2) is 7.16. The molecule has 0 aliphatic carbocycles. The summed E-state index contributed by atoms with van der Waals surface area (Å²) in [7, 11) is 0. The quantitative estimate of drug-likeness (QED) is 0.676. The minimum absolute atomic E-state index is 0.699. The number of allylic oxidation sites excluding steroid dienone is 1. The van der Waals surface area contributed by atoms with Gasteiger partial charge in [-0.2, -0.15) is 0 Å². The molecule has 0 fully saturated rings. The molecule has 0 saturated heterocycles. The predicted octanol–water partition coefficient (Wildman–Crippen LogP) is 4.92. The maximum Gasteiger partial charge on any atom is 0.119 e. The van der Waals surface area contributed by atoms with Crippen LogP contribution in [0.15, 0.2) is 29.8 Å². The lowest BCUT2D eigenvalue weighted by atomic mass is 10.1. The monoisotopic (exact) mass is 232 g/mol. The molecular weight excluding hydrogens is 208 g/mol. The summed E-state index contributed by atoms with van der Waals surface area (Å²) in [4.78, 5) is 0. The first-order valence-corrected chi connectivity index (χ1v) is 6.52. The summed E-state index contributed by atoms with van der Waals surface area (Å²) in [6, 6.07) is 8.33. The van der Waals surface area contributed by atoms with Crippen molar-refractivity contribution in [2.24, 2.45) is 5.92 Å². The summed E-state index contributed by atoms with van der Waals surface area (Å²) in [6.07, 6.45) is 4.43. The van der Waals surface area contributed by atoms with Crippen molar-refractivity contribution in [2.45, 2.75) is 40.5 Å². The molecule has 0 heterocycles. The Kier molecular flexibility index (Phi) is 5.82. The van der Waals surface area contributed by atoms with E-state index in [1.807, 2.05) is 0 Å². The highest BCUT2D eigenvalue weighted by molar-refractivity contribution is 5.53. The molecule has 1 aromatic carbocycles. The molecule has 0 bridgehead atoms. The topological polar surface area (TPSA) is 9.23 Å². The Balaban J connectivity index is 2.50. The van der Waals surface area contributed by atoms with Crippen LogP contribution in [-0.4, -0.2) is 6.61 Å². The molecule has 0 aromatic heterocycles. The van der Waals surface area contributed by atoms with Gasteiger partial charge in [0, 0.05) is 0 Å². The third-order valence-corrected chi connectivity index (χ3v) is 2.81. The fraction of sp³-hybridized carbons (Fsp3) is 0.500. The maximum atomic E-state index is 5.68. The minimum atomic E-state index is 0.699. The SMILES string of the molecule is CC/C(C)=C/c1ccc(OCCC(C)C)cc1. The van der Waals surface area contributed by atoms with Gasteiger partial charge >= 0.3 is 0 Å². The fourth-order valence-corrected chi connectivity index (χ4v) is 1.46. The van der Waals surface area contributed by atoms with E-state index in [4.69, 9.17) is 4.74 Å². The molecular formula is C16H24O. The van der Waals surface area contributed by atoms with E-state index in [9.17, 15) is 0 Å². The molecule has 1 aromatic rings. The second-order valence-corrected chi connectivity index (χ2v) is 4.94. The molecule has 0 spiro atoms. The fourth-order valence-electron chi connectivity index (χ4n) is 1.46. The van der Waals surface area contributed by atoms with E-state index < -0.39 is 0 Å². The molecule has 0 unspecified atom stereocenters.